The van der Waals surface area contributed by atoms with Gasteiger partial charge in [0.05, 0.1) is 36.1 Å². The lowest BCUT2D eigenvalue weighted by molar-refractivity contribution is 0.156. The number of aliphatic hydroxyl groups excluding tert-OH is 1. The van der Waals surface area contributed by atoms with Crippen molar-refractivity contribution >= 4 is 10.9 Å². The Hall–Kier alpha value is -3.70. The summed E-state index contributed by atoms with van der Waals surface area (Å²) in [5.74, 6) is 0. The van der Waals surface area contributed by atoms with Gasteiger partial charge in [-0.1, -0.05) is 54.6 Å². The molecule has 5 nitrogen and oxygen atoms in total. The van der Waals surface area contributed by atoms with Crippen molar-refractivity contribution in [1.82, 2.24) is 19.5 Å². The Kier molecular flexibility index (Phi) is 4.42. The predicted molar refractivity (Wildman–Crippen MR) is 114 cm³/mol. The standard InChI is InChI=1S/C24H20N4O/c29-22(19-10-6-12-25-14-19)15-28-16-26-23(17-7-2-1-3-8-17)24(28)21-13-18-9-4-5-11-20(18)27-21/h1-14,16,22,27,29H,15H2/t22-/m0/s1. The molecule has 2 aromatic carbocycles. The van der Waals surface area contributed by atoms with Crippen LogP contribution in [0.1, 0.15) is 11.7 Å². The van der Waals surface area contributed by atoms with Crippen LogP contribution in [0.4, 0.5) is 0 Å². The van der Waals surface area contributed by atoms with Crippen LogP contribution in [0.3, 0.4) is 0 Å². The maximum absolute atomic E-state index is 10.8. The molecule has 0 radical (unpaired) electrons. The zero-order chi connectivity index (χ0) is 19.6. The van der Waals surface area contributed by atoms with Crippen LogP contribution in [0.5, 0.6) is 0 Å². The van der Waals surface area contributed by atoms with Gasteiger partial charge in [0.2, 0.25) is 0 Å². The van der Waals surface area contributed by atoms with Crippen molar-refractivity contribution in [2.75, 3.05) is 0 Å². The van der Waals surface area contributed by atoms with Crippen LogP contribution in [-0.2, 0) is 6.54 Å². The first-order valence-corrected chi connectivity index (χ1v) is 9.56. The predicted octanol–water partition coefficient (Wildman–Crippen LogP) is 4.83. The number of para-hydroxylation sites is 1. The topological polar surface area (TPSA) is 66.7 Å². The van der Waals surface area contributed by atoms with E-state index in [4.69, 9.17) is 4.98 Å². The number of aromatic nitrogens is 4. The van der Waals surface area contributed by atoms with E-state index in [-0.39, 0.29) is 0 Å². The molecule has 0 bridgehead atoms. The van der Waals surface area contributed by atoms with Crippen LogP contribution in [0.2, 0.25) is 0 Å². The molecule has 5 heteroatoms. The van der Waals surface area contributed by atoms with Gasteiger partial charge in [-0.25, -0.2) is 4.98 Å². The fourth-order valence-electron chi connectivity index (χ4n) is 3.68. The zero-order valence-electron chi connectivity index (χ0n) is 15.7. The Morgan fingerprint density at radius 2 is 1.79 bits per heavy atom. The van der Waals surface area contributed by atoms with Crippen molar-refractivity contribution in [3.05, 3.63) is 97.1 Å². The van der Waals surface area contributed by atoms with E-state index >= 15 is 0 Å². The number of nitrogens with one attached hydrogen (secondary N) is 1. The second-order valence-electron chi connectivity index (χ2n) is 7.03. The fraction of sp³-hybridized carbons (Fsp3) is 0.0833. The van der Waals surface area contributed by atoms with Crippen LogP contribution >= 0.6 is 0 Å². The van der Waals surface area contributed by atoms with Crippen LogP contribution in [-0.4, -0.2) is 24.6 Å². The monoisotopic (exact) mass is 380 g/mol. The van der Waals surface area contributed by atoms with E-state index in [1.54, 1.807) is 18.7 Å². The number of imidazole rings is 1. The fourth-order valence-corrected chi connectivity index (χ4v) is 3.68. The van der Waals surface area contributed by atoms with Gasteiger partial charge >= 0.3 is 0 Å². The average Bonchev–Trinajstić information content (AvgIpc) is 3.38. The number of fused-ring (bicyclic) bond motifs is 1. The summed E-state index contributed by atoms with van der Waals surface area (Å²) in [5, 5.41) is 11.9. The number of hydrogen-bond acceptors (Lipinski definition) is 3. The van der Waals surface area contributed by atoms with Gasteiger partial charge in [0.15, 0.2) is 0 Å². The lowest BCUT2D eigenvalue weighted by Crippen LogP contribution is -2.09. The minimum atomic E-state index is -0.676. The maximum atomic E-state index is 10.8. The Bertz CT molecular complexity index is 1210. The Labute approximate surface area is 168 Å². The highest BCUT2D eigenvalue weighted by Gasteiger charge is 2.19. The van der Waals surface area contributed by atoms with Gasteiger partial charge in [0.25, 0.3) is 0 Å². The second-order valence-corrected chi connectivity index (χ2v) is 7.03. The molecule has 0 spiro atoms. The lowest BCUT2D eigenvalue weighted by atomic mass is 10.1. The quantitative estimate of drug-likeness (QED) is 0.459. The molecule has 5 aromatic rings. The normalized spacial score (nSPS) is 12.3. The van der Waals surface area contributed by atoms with Crippen molar-refractivity contribution < 1.29 is 5.11 Å². The van der Waals surface area contributed by atoms with E-state index in [9.17, 15) is 5.11 Å². The SMILES string of the molecule is O[C@@H](Cn1cnc(-c2ccccc2)c1-c1cc2ccccc2[nH]1)c1cccnc1. The molecule has 0 saturated carbocycles. The van der Waals surface area contributed by atoms with E-state index in [2.05, 4.69) is 40.3 Å². The molecule has 29 heavy (non-hydrogen) atoms. The highest BCUT2D eigenvalue weighted by atomic mass is 16.3. The number of rotatable bonds is 5. The van der Waals surface area contributed by atoms with Crippen molar-refractivity contribution in [2.45, 2.75) is 12.6 Å². The first-order valence-electron chi connectivity index (χ1n) is 9.56. The summed E-state index contributed by atoms with van der Waals surface area (Å²) >= 11 is 0. The Morgan fingerprint density at radius 3 is 2.59 bits per heavy atom. The third kappa shape index (κ3) is 3.32. The third-order valence-corrected chi connectivity index (χ3v) is 5.11. The summed E-state index contributed by atoms with van der Waals surface area (Å²) < 4.78 is 2.00. The number of H-pyrrole nitrogens is 1. The molecule has 0 saturated heterocycles. The molecule has 2 N–H and O–H groups in total. The second kappa shape index (κ2) is 7.37. The van der Waals surface area contributed by atoms with Crippen LogP contribution in [0.15, 0.2) is 91.5 Å². The molecule has 142 valence electrons. The van der Waals surface area contributed by atoms with Crippen molar-refractivity contribution in [3.8, 4) is 22.6 Å². The first-order chi connectivity index (χ1) is 14.3. The highest BCUT2D eigenvalue weighted by Crippen LogP contribution is 2.33. The molecular weight excluding hydrogens is 360 g/mol. The van der Waals surface area contributed by atoms with Gasteiger partial charge in [-0.15, -0.1) is 0 Å². The highest BCUT2D eigenvalue weighted by molar-refractivity contribution is 5.88. The summed E-state index contributed by atoms with van der Waals surface area (Å²) in [6.07, 6.45) is 4.52. The maximum Gasteiger partial charge on any atom is 0.0984 e. The third-order valence-electron chi connectivity index (χ3n) is 5.11. The van der Waals surface area contributed by atoms with Gasteiger partial charge in [0, 0.05) is 34.4 Å². The van der Waals surface area contributed by atoms with E-state index in [0.717, 1.165) is 39.1 Å². The molecule has 3 aromatic heterocycles. The number of nitrogens with zero attached hydrogens (tertiary/aromatic N) is 3. The van der Waals surface area contributed by atoms with Gasteiger partial charge in [-0.05, 0) is 18.2 Å². The largest absolute Gasteiger partial charge is 0.386 e. The van der Waals surface area contributed by atoms with E-state index < -0.39 is 6.10 Å². The van der Waals surface area contributed by atoms with Gasteiger partial charge in [-0.2, -0.15) is 0 Å². The molecule has 3 heterocycles. The Balaban J connectivity index is 1.62. The number of pyridine rings is 1. The van der Waals surface area contributed by atoms with Gasteiger partial charge in [0.1, 0.15) is 0 Å². The summed E-state index contributed by atoms with van der Waals surface area (Å²) in [6.45, 7) is 0.385. The lowest BCUT2D eigenvalue weighted by Gasteiger charge is -2.14. The molecule has 0 aliphatic heterocycles. The summed E-state index contributed by atoms with van der Waals surface area (Å²) in [6, 6.07) is 24.2. The van der Waals surface area contributed by atoms with Crippen molar-refractivity contribution in [2.24, 2.45) is 0 Å². The van der Waals surface area contributed by atoms with Crippen molar-refractivity contribution in [3.63, 3.8) is 0 Å². The number of aliphatic hydroxyl groups is 1. The minimum absolute atomic E-state index is 0.385. The zero-order valence-corrected chi connectivity index (χ0v) is 15.7. The van der Waals surface area contributed by atoms with Crippen LogP contribution in [0.25, 0.3) is 33.5 Å². The number of aromatic amines is 1. The van der Waals surface area contributed by atoms with Crippen LogP contribution < -0.4 is 0 Å². The summed E-state index contributed by atoms with van der Waals surface area (Å²) in [4.78, 5) is 12.3. The summed E-state index contributed by atoms with van der Waals surface area (Å²) in [7, 11) is 0. The average molecular weight is 380 g/mol. The number of benzene rings is 2. The van der Waals surface area contributed by atoms with Gasteiger partial charge in [-0.3, -0.25) is 4.98 Å². The van der Waals surface area contributed by atoms with Crippen LogP contribution in [0, 0.1) is 0 Å². The molecule has 0 aliphatic rings. The molecule has 0 aliphatic carbocycles. The molecule has 0 fully saturated rings. The molecule has 0 unspecified atom stereocenters. The molecule has 0 amide bonds. The molecule has 5 rings (SSSR count). The minimum Gasteiger partial charge on any atom is -0.386 e. The van der Waals surface area contributed by atoms with Crippen molar-refractivity contribution in [1.29, 1.82) is 0 Å². The van der Waals surface area contributed by atoms with E-state index in [0.29, 0.717) is 6.54 Å². The molecule has 1 atom stereocenters. The smallest absolute Gasteiger partial charge is 0.0984 e. The first kappa shape index (κ1) is 17.4. The van der Waals surface area contributed by atoms with E-state index in [1.165, 1.54) is 0 Å². The summed E-state index contributed by atoms with van der Waals surface area (Å²) in [5.41, 5.74) is 5.70. The Morgan fingerprint density at radius 1 is 0.966 bits per heavy atom. The van der Waals surface area contributed by atoms with E-state index in [1.807, 2.05) is 47.0 Å². The van der Waals surface area contributed by atoms with Gasteiger partial charge < -0.3 is 14.7 Å². The number of hydrogen-bond donors (Lipinski definition) is 2. The molecular formula is C24H20N4O.